The second kappa shape index (κ2) is 10.7. The average molecular weight is 527 g/mol. The third kappa shape index (κ3) is 6.03. The van der Waals surface area contributed by atoms with E-state index in [0.29, 0.717) is 32.5 Å². The maximum Gasteiger partial charge on any atom is 0.264 e. The van der Waals surface area contributed by atoms with Crippen molar-refractivity contribution in [3.8, 4) is 11.5 Å². The van der Waals surface area contributed by atoms with Crippen molar-refractivity contribution in [3.63, 3.8) is 0 Å². The molecule has 8 heteroatoms. The molecule has 33 heavy (non-hydrogen) atoms. The van der Waals surface area contributed by atoms with E-state index in [1.54, 1.807) is 30.3 Å². The molecule has 1 N–H and O–H groups in total. The van der Waals surface area contributed by atoms with Crippen LogP contribution in [0.4, 0.5) is 10.1 Å². The molecule has 3 aromatic carbocycles. The zero-order chi connectivity index (χ0) is 23.2. The molecule has 0 aliphatic carbocycles. The second-order valence-electron chi connectivity index (χ2n) is 6.98. The number of halogens is 2. The first kappa shape index (κ1) is 23.1. The fourth-order valence-corrected chi connectivity index (χ4v) is 4.38. The number of thioether (sulfide) groups is 1. The standard InChI is InChI=1S/C25H20BrFN2O3S/c1-2-31-19-10-8-18(9-11-19)28-25-29-24(30)23(33-25)14-16-7-12-22(20(26)13-16)32-15-17-5-3-4-6-21(17)27/h3-14H,2,15H2,1H3,(H,28,29,30)/b23-14+. The van der Waals surface area contributed by atoms with Gasteiger partial charge in [-0.25, -0.2) is 9.38 Å². The summed E-state index contributed by atoms with van der Waals surface area (Å²) >= 11 is 4.76. The Hall–Kier alpha value is -3.10. The van der Waals surface area contributed by atoms with Crippen LogP contribution in [0.1, 0.15) is 18.1 Å². The number of rotatable bonds is 7. The van der Waals surface area contributed by atoms with Crippen LogP contribution >= 0.6 is 27.7 Å². The van der Waals surface area contributed by atoms with Crippen LogP contribution in [0.5, 0.6) is 11.5 Å². The second-order valence-corrected chi connectivity index (χ2v) is 8.86. The third-order valence-electron chi connectivity index (χ3n) is 4.62. The minimum atomic E-state index is -0.304. The van der Waals surface area contributed by atoms with E-state index in [-0.39, 0.29) is 18.3 Å². The molecule has 1 aliphatic rings. The highest BCUT2D eigenvalue weighted by molar-refractivity contribution is 9.10. The fraction of sp³-hybridized carbons (Fsp3) is 0.120. The molecular weight excluding hydrogens is 507 g/mol. The fourth-order valence-electron chi connectivity index (χ4n) is 3.03. The van der Waals surface area contributed by atoms with Gasteiger partial charge in [0.1, 0.15) is 23.9 Å². The lowest BCUT2D eigenvalue weighted by Crippen LogP contribution is -2.19. The Bertz CT molecular complexity index is 1230. The van der Waals surface area contributed by atoms with Crippen LogP contribution in [-0.2, 0) is 11.4 Å². The lowest BCUT2D eigenvalue weighted by atomic mass is 10.2. The molecule has 1 fully saturated rings. The molecule has 3 aromatic rings. The molecule has 0 radical (unpaired) electrons. The lowest BCUT2D eigenvalue weighted by Gasteiger charge is -2.09. The van der Waals surface area contributed by atoms with Gasteiger partial charge in [-0.2, -0.15) is 0 Å². The maximum absolute atomic E-state index is 13.8. The highest BCUT2D eigenvalue weighted by atomic mass is 79.9. The Balaban J connectivity index is 1.43. The van der Waals surface area contributed by atoms with Crippen molar-refractivity contribution in [1.29, 1.82) is 0 Å². The topological polar surface area (TPSA) is 59.9 Å². The quantitative estimate of drug-likeness (QED) is 0.359. The van der Waals surface area contributed by atoms with Gasteiger partial charge in [0.05, 0.1) is 21.7 Å². The summed E-state index contributed by atoms with van der Waals surface area (Å²) in [6, 6.07) is 19.3. The third-order valence-corrected chi connectivity index (χ3v) is 6.15. The number of nitrogens with one attached hydrogen (secondary N) is 1. The highest BCUT2D eigenvalue weighted by Crippen LogP contribution is 2.32. The van der Waals surface area contributed by atoms with Gasteiger partial charge in [0.15, 0.2) is 5.17 Å². The van der Waals surface area contributed by atoms with E-state index in [9.17, 15) is 9.18 Å². The molecule has 5 nitrogen and oxygen atoms in total. The summed E-state index contributed by atoms with van der Waals surface area (Å²) in [6.45, 7) is 2.65. The number of ether oxygens (including phenoxy) is 2. The molecule has 1 heterocycles. The Morgan fingerprint density at radius 2 is 1.88 bits per heavy atom. The molecule has 1 saturated heterocycles. The normalized spacial score (nSPS) is 15.7. The van der Waals surface area contributed by atoms with Crippen molar-refractivity contribution in [1.82, 2.24) is 5.32 Å². The van der Waals surface area contributed by atoms with Gasteiger partial charge in [0.25, 0.3) is 5.91 Å². The summed E-state index contributed by atoms with van der Waals surface area (Å²) in [5, 5.41) is 3.30. The Labute approximate surface area is 203 Å². The number of hydrogen-bond donors (Lipinski definition) is 1. The van der Waals surface area contributed by atoms with Crippen LogP contribution in [-0.4, -0.2) is 17.7 Å². The van der Waals surface area contributed by atoms with Crippen molar-refractivity contribution >= 4 is 50.5 Å². The first-order chi connectivity index (χ1) is 16.0. The molecule has 0 aromatic heterocycles. The van der Waals surface area contributed by atoms with Crippen molar-refractivity contribution in [2.24, 2.45) is 4.99 Å². The Kier molecular flexibility index (Phi) is 7.47. The van der Waals surface area contributed by atoms with E-state index in [1.165, 1.54) is 17.8 Å². The predicted octanol–water partition coefficient (Wildman–Crippen LogP) is 6.46. The zero-order valence-corrected chi connectivity index (χ0v) is 20.1. The summed E-state index contributed by atoms with van der Waals surface area (Å²) in [7, 11) is 0. The van der Waals surface area contributed by atoms with E-state index < -0.39 is 0 Å². The SMILES string of the molecule is CCOc1ccc(N=C2NC(=O)/C(=C\c3ccc(OCc4ccccc4F)c(Br)c3)S2)cc1. The van der Waals surface area contributed by atoms with Gasteiger partial charge in [0, 0.05) is 5.56 Å². The molecule has 168 valence electrons. The molecule has 0 unspecified atom stereocenters. The number of nitrogens with zero attached hydrogens (tertiary/aromatic N) is 1. The van der Waals surface area contributed by atoms with E-state index in [1.807, 2.05) is 43.3 Å². The van der Waals surface area contributed by atoms with E-state index in [4.69, 9.17) is 9.47 Å². The Morgan fingerprint density at radius 3 is 2.61 bits per heavy atom. The molecule has 0 spiro atoms. The molecule has 0 saturated carbocycles. The van der Waals surface area contributed by atoms with Crippen LogP contribution in [0, 0.1) is 5.82 Å². The Morgan fingerprint density at radius 1 is 1.09 bits per heavy atom. The van der Waals surface area contributed by atoms with Gasteiger partial charge in [-0.15, -0.1) is 0 Å². The minimum Gasteiger partial charge on any atom is -0.494 e. The van der Waals surface area contributed by atoms with Gasteiger partial charge >= 0.3 is 0 Å². The molecule has 0 atom stereocenters. The van der Waals surface area contributed by atoms with Crippen molar-refractivity contribution in [2.45, 2.75) is 13.5 Å². The van der Waals surface area contributed by atoms with Gasteiger partial charge in [-0.05, 0) is 88.7 Å². The van der Waals surface area contributed by atoms with Gasteiger partial charge < -0.3 is 14.8 Å². The number of amidine groups is 1. The van der Waals surface area contributed by atoms with Crippen LogP contribution in [0.3, 0.4) is 0 Å². The van der Waals surface area contributed by atoms with Crippen LogP contribution < -0.4 is 14.8 Å². The number of benzene rings is 3. The van der Waals surface area contributed by atoms with Gasteiger partial charge in [-0.1, -0.05) is 24.3 Å². The van der Waals surface area contributed by atoms with E-state index >= 15 is 0 Å². The molecule has 4 rings (SSSR count). The zero-order valence-electron chi connectivity index (χ0n) is 17.7. The van der Waals surface area contributed by atoms with Crippen molar-refractivity contribution in [3.05, 3.63) is 93.1 Å². The highest BCUT2D eigenvalue weighted by Gasteiger charge is 2.24. The van der Waals surface area contributed by atoms with Crippen LogP contribution in [0.2, 0.25) is 0 Å². The molecule has 0 bridgehead atoms. The number of carbonyl (C=O) groups is 1. The van der Waals surface area contributed by atoms with Crippen LogP contribution in [0.15, 0.2) is 81.1 Å². The van der Waals surface area contributed by atoms with E-state index in [0.717, 1.165) is 17.0 Å². The summed E-state index contributed by atoms with van der Waals surface area (Å²) in [6.07, 6.45) is 1.78. The number of carbonyl (C=O) groups excluding carboxylic acids is 1. The summed E-state index contributed by atoms with van der Waals surface area (Å²) < 4.78 is 25.7. The number of aliphatic imine (C=N–C) groups is 1. The summed E-state index contributed by atoms with van der Waals surface area (Å²) in [4.78, 5) is 17.4. The molecule has 1 amide bonds. The van der Waals surface area contributed by atoms with Crippen LogP contribution in [0.25, 0.3) is 6.08 Å². The lowest BCUT2D eigenvalue weighted by molar-refractivity contribution is -0.115. The number of hydrogen-bond acceptors (Lipinski definition) is 5. The van der Waals surface area contributed by atoms with Crippen molar-refractivity contribution < 1.29 is 18.7 Å². The van der Waals surface area contributed by atoms with Gasteiger partial charge in [0.2, 0.25) is 0 Å². The molecular formula is C25H20BrFN2O3S. The average Bonchev–Trinajstić information content (AvgIpc) is 3.14. The van der Waals surface area contributed by atoms with E-state index in [2.05, 4.69) is 26.2 Å². The molecule has 1 aliphatic heterocycles. The van der Waals surface area contributed by atoms with Gasteiger partial charge in [-0.3, -0.25) is 4.79 Å². The first-order valence-electron chi connectivity index (χ1n) is 10.2. The monoisotopic (exact) mass is 526 g/mol. The minimum absolute atomic E-state index is 0.120. The summed E-state index contributed by atoms with van der Waals surface area (Å²) in [5.74, 6) is 0.848. The maximum atomic E-state index is 13.8. The predicted molar refractivity (Wildman–Crippen MR) is 133 cm³/mol. The number of amides is 1. The smallest absolute Gasteiger partial charge is 0.264 e. The van der Waals surface area contributed by atoms with Crippen molar-refractivity contribution in [2.75, 3.05) is 6.61 Å². The first-order valence-corrected chi connectivity index (χ1v) is 11.8. The summed E-state index contributed by atoms with van der Waals surface area (Å²) in [5.41, 5.74) is 2.02. The largest absolute Gasteiger partial charge is 0.494 e.